The van der Waals surface area contributed by atoms with Crippen LogP contribution in [-0.2, 0) is 0 Å². The van der Waals surface area contributed by atoms with E-state index in [4.69, 9.17) is 0 Å². The van der Waals surface area contributed by atoms with E-state index in [1.165, 1.54) is 25.0 Å². The van der Waals surface area contributed by atoms with Gasteiger partial charge in [-0.05, 0) is 59.6 Å². The van der Waals surface area contributed by atoms with Gasteiger partial charge in [-0.15, -0.1) is 0 Å². The zero-order chi connectivity index (χ0) is 14.8. The third-order valence-electron chi connectivity index (χ3n) is 4.61. The number of hydrogen-bond donors (Lipinski definition) is 0. The Hall–Kier alpha value is -1.70. The Morgan fingerprint density at radius 1 is 0.857 bits per heavy atom. The van der Waals surface area contributed by atoms with Crippen LogP contribution in [0.15, 0.2) is 42.5 Å². The van der Waals surface area contributed by atoms with Gasteiger partial charge in [0.15, 0.2) is 0 Å². The van der Waals surface area contributed by atoms with Gasteiger partial charge in [0.05, 0.1) is 0 Å². The van der Waals surface area contributed by atoms with Crippen LogP contribution in [0.3, 0.4) is 0 Å². The monoisotopic (exact) mass is 286 g/mol. The van der Waals surface area contributed by atoms with Crippen LogP contribution < -0.4 is 0 Å². The fraction of sp³-hybridized carbons (Fsp3) is 0.368. The topological polar surface area (TPSA) is 0 Å². The lowest BCUT2D eigenvalue weighted by Crippen LogP contribution is -2.12. The average Bonchev–Trinajstić information content (AvgIpc) is 2.48. The Kier molecular flexibility index (Phi) is 4.05. The summed E-state index contributed by atoms with van der Waals surface area (Å²) in [5, 5.41) is 0. The first-order valence-corrected chi connectivity index (χ1v) is 7.69. The van der Waals surface area contributed by atoms with Gasteiger partial charge >= 0.3 is 0 Å². The third kappa shape index (κ3) is 3.15. The van der Waals surface area contributed by atoms with E-state index in [0.717, 1.165) is 35.4 Å². The van der Waals surface area contributed by atoms with E-state index in [1.54, 1.807) is 18.2 Å². The second-order valence-electron chi connectivity index (χ2n) is 6.20. The van der Waals surface area contributed by atoms with Crippen molar-refractivity contribution >= 4 is 0 Å². The van der Waals surface area contributed by atoms with Crippen molar-refractivity contribution in [3.05, 3.63) is 59.7 Å². The van der Waals surface area contributed by atoms with Crippen molar-refractivity contribution in [1.82, 2.24) is 0 Å². The molecule has 0 aromatic heterocycles. The summed E-state index contributed by atoms with van der Waals surface area (Å²) in [5.74, 6) is 0.646. The van der Waals surface area contributed by atoms with Gasteiger partial charge in [-0.2, -0.15) is 0 Å². The van der Waals surface area contributed by atoms with Gasteiger partial charge < -0.3 is 0 Å². The largest absolute Gasteiger partial charge is 0.207 e. The molecule has 2 aromatic carbocycles. The molecule has 0 saturated heterocycles. The molecule has 0 radical (unpaired) electrons. The molecule has 0 nitrogen and oxygen atoms in total. The molecule has 0 heterocycles. The minimum Gasteiger partial charge on any atom is -0.207 e. The molecule has 0 amide bonds. The van der Waals surface area contributed by atoms with Gasteiger partial charge in [-0.25, -0.2) is 8.78 Å². The predicted molar refractivity (Wildman–Crippen MR) is 82.2 cm³/mol. The van der Waals surface area contributed by atoms with Gasteiger partial charge in [0.25, 0.3) is 0 Å². The average molecular weight is 286 g/mol. The first-order valence-electron chi connectivity index (χ1n) is 7.69. The highest BCUT2D eigenvalue weighted by atomic mass is 19.1. The molecule has 0 N–H and O–H groups in total. The molecule has 1 saturated carbocycles. The summed E-state index contributed by atoms with van der Waals surface area (Å²) in [6.45, 7) is 2.26. The molecule has 3 rings (SSSR count). The molecule has 2 heteroatoms. The summed E-state index contributed by atoms with van der Waals surface area (Å²) in [5.41, 5.74) is 2.28. The molecule has 1 aliphatic rings. The van der Waals surface area contributed by atoms with E-state index in [9.17, 15) is 8.78 Å². The van der Waals surface area contributed by atoms with E-state index in [1.807, 2.05) is 12.1 Å². The van der Waals surface area contributed by atoms with Crippen LogP contribution >= 0.6 is 0 Å². The Labute approximate surface area is 124 Å². The first kappa shape index (κ1) is 14.2. The van der Waals surface area contributed by atoms with Crippen molar-refractivity contribution in [3.8, 4) is 11.1 Å². The Morgan fingerprint density at radius 2 is 1.57 bits per heavy atom. The molecule has 1 fully saturated rings. The van der Waals surface area contributed by atoms with Crippen LogP contribution in [0.5, 0.6) is 0 Å². The van der Waals surface area contributed by atoms with E-state index in [-0.39, 0.29) is 11.6 Å². The number of hydrogen-bond acceptors (Lipinski definition) is 0. The normalized spacial score (nSPS) is 22.2. The van der Waals surface area contributed by atoms with Crippen molar-refractivity contribution < 1.29 is 8.78 Å². The molecule has 110 valence electrons. The second-order valence-corrected chi connectivity index (χ2v) is 6.20. The molecule has 1 aliphatic carbocycles. The summed E-state index contributed by atoms with van der Waals surface area (Å²) >= 11 is 0. The molecule has 0 unspecified atom stereocenters. The molecule has 0 spiro atoms. The summed E-state index contributed by atoms with van der Waals surface area (Å²) < 4.78 is 27.7. The van der Waals surface area contributed by atoms with Gasteiger partial charge in [0.1, 0.15) is 11.6 Å². The number of benzene rings is 2. The fourth-order valence-electron chi connectivity index (χ4n) is 3.28. The van der Waals surface area contributed by atoms with E-state index < -0.39 is 0 Å². The van der Waals surface area contributed by atoms with Crippen LogP contribution in [0, 0.1) is 17.6 Å². The standard InChI is InChI=1S/C19H20F2/c1-13-5-7-14(8-6-13)18-10-9-16(12-19(18)21)15-3-2-4-17(20)11-15/h2-4,9-14H,5-8H2,1H3. The maximum Gasteiger partial charge on any atom is 0.127 e. The molecule has 0 atom stereocenters. The quantitative estimate of drug-likeness (QED) is 0.642. The second kappa shape index (κ2) is 5.97. The van der Waals surface area contributed by atoms with Gasteiger partial charge in [0, 0.05) is 0 Å². The Balaban J connectivity index is 1.86. The van der Waals surface area contributed by atoms with Crippen LogP contribution in [0.4, 0.5) is 8.78 Å². The number of halogens is 2. The molecule has 21 heavy (non-hydrogen) atoms. The van der Waals surface area contributed by atoms with Gasteiger partial charge in [0.2, 0.25) is 0 Å². The SMILES string of the molecule is CC1CCC(c2ccc(-c3cccc(F)c3)cc2F)CC1. The van der Waals surface area contributed by atoms with E-state index in [0.29, 0.717) is 5.92 Å². The number of rotatable bonds is 2. The predicted octanol–water partition coefficient (Wildman–Crippen LogP) is 5.93. The van der Waals surface area contributed by atoms with E-state index in [2.05, 4.69) is 6.92 Å². The van der Waals surface area contributed by atoms with E-state index >= 15 is 0 Å². The Morgan fingerprint density at radius 3 is 2.24 bits per heavy atom. The first-order chi connectivity index (χ1) is 10.1. The van der Waals surface area contributed by atoms with Crippen LogP contribution in [-0.4, -0.2) is 0 Å². The lowest BCUT2D eigenvalue weighted by Gasteiger charge is -2.26. The zero-order valence-corrected chi connectivity index (χ0v) is 12.3. The lowest BCUT2D eigenvalue weighted by molar-refractivity contribution is 0.342. The lowest BCUT2D eigenvalue weighted by atomic mass is 9.79. The highest BCUT2D eigenvalue weighted by Crippen LogP contribution is 2.37. The maximum atomic E-state index is 14.4. The van der Waals surface area contributed by atoms with Crippen LogP contribution in [0.2, 0.25) is 0 Å². The summed E-state index contributed by atoms with van der Waals surface area (Å²) in [4.78, 5) is 0. The van der Waals surface area contributed by atoms with Crippen molar-refractivity contribution in [2.24, 2.45) is 5.92 Å². The zero-order valence-electron chi connectivity index (χ0n) is 12.3. The molecule has 0 bridgehead atoms. The minimum absolute atomic E-state index is 0.156. The highest BCUT2D eigenvalue weighted by molar-refractivity contribution is 5.64. The molecule has 2 aromatic rings. The Bertz CT molecular complexity index is 625. The third-order valence-corrected chi connectivity index (χ3v) is 4.61. The maximum absolute atomic E-state index is 14.4. The van der Waals surface area contributed by atoms with Crippen molar-refractivity contribution in [2.45, 2.75) is 38.5 Å². The van der Waals surface area contributed by atoms with Gasteiger partial charge in [-0.3, -0.25) is 0 Å². The molecular weight excluding hydrogens is 266 g/mol. The van der Waals surface area contributed by atoms with Crippen molar-refractivity contribution in [1.29, 1.82) is 0 Å². The highest BCUT2D eigenvalue weighted by Gasteiger charge is 2.22. The van der Waals surface area contributed by atoms with Crippen molar-refractivity contribution in [3.63, 3.8) is 0 Å². The molecular formula is C19H20F2. The summed E-state index contributed by atoms with van der Waals surface area (Å²) in [7, 11) is 0. The van der Waals surface area contributed by atoms with Crippen LogP contribution in [0.25, 0.3) is 11.1 Å². The summed E-state index contributed by atoms with van der Waals surface area (Å²) in [6, 6.07) is 11.6. The summed E-state index contributed by atoms with van der Waals surface area (Å²) in [6.07, 6.45) is 4.49. The van der Waals surface area contributed by atoms with Crippen molar-refractivity contribution in [2.75, 3.05) is 0 Å². The minimum atomic E-state index is -0.293. The van der Waals surface area contributed by atoms with Gasteiger partial charge in [-0.1, -0.05) is 44.0 Å². The smallest absolute Gasteiger partial charge is 0.127 e. The fourth-order valence-corrected chi connectivity index (χ4v) is 3.28. The van der Waals surface area contributed by atoms with Crippen LogP contribution in [0.1, 0.15) is 44.1 Å². The molecule has 0 aliphatic heterocycles.